The van der Waals surface area contributed by atoms with Gasteiger partial charge in [-0.3, -0.25) is 19.3 Å². The van der Waals surface area contributed by atoms with Gasteiger partial charge < -0.3 is 19.8 Å². The van der Waals surface area contributed by atoms with E-state index in [9.17, 15) is 14.4 Å². The van der Waals surface area contributed by atoms with Crippen LogP contribution < -0.4 is 20.3 Å². The molecule has 1 aliphatic rings. The number of amides is 3. The van der Waals surface area contributed by atoms with Crippen molar-refractivity contribution in [3.05, 3.63) is 70.8 Å². The molecule has 4 rings (SSSR count). The van der Waals surface area contributed by atoms with Crippen LogP contribution in [0.4, 0.5) is 5.69 Å². The standard InChI is InChI=1S/C25H27N3O5S/c1-32-19-10-4-9-18(15-19)28(22(29)16-26-24(30)20-11-5-13-33-20)23(21-12-6-14-34-21)25(31)27-17-7-2-3-8-17/h4-6,9-15,17,23H,2-3,7-8,16H2,1H3,(H,26,30)(H,27,31)/t23-/m1/s1. The Morgan fingerprint density at radius 1 is 1.15 bits per heavy atom. The molecular formula is C25H27N3O5S. The second kappa shape index (κ2) is 11.0. The molecule has 1 fully saturated rings. The molecule has 1 saturated carbocycles. The zero-order valence-corrected chi connectivity index (χ0v) is 19.7. The number of carbonyl (C=O) groups excluding carboxylic acids is 3. The van der Waals surface area contributed by atoms with Gasteiger partial charge in [-0.05, 0) is 48.6 Å². The molecule has 9 heteroatoms. The van der Waals surface area contributed by atoms with E-state index < -0.39 is 17.9 Å². The summed E-state index contributed by atoms with van der Waals surface area (Å²) in [6.07, 6.45) is 5.39. The maximum atomic E-state index is 13.6. The highest BCUT2D eigenvalue weighted by Crippen LogP contribution is 2.33. The number of carbonyl (C=O) groups is 3. The fraction of sp³-hybridized carbons (Fsp3) is 0.320. The lowest BCUT2D eigenvalue weighted by atomic mass is 10.1. The minimum Gasteiger partial charge on any atom is -0.497 e. The van der Waals surface area contributed by atoms with E-state index >= 15 is 0 Å². The molecule has 8 nitrogen and oxygen atoms in total. The van der Waals surface area contributed by atoms with Crippen LogP contribution >= 0.6 is 11.3 Å². The van der Waals surface area contributed by atoms with Crippen molar-refractivity contribution < 1.29 is 23.5 Å². The van der Waals surface area contributed by atoms with E-state index in [1.54, 1.807) is 37.4 Å². The minimum absolute atomic E-state index is 0.0934. The van der Waals surface area contributed by atoms with Crippen LogP contribution in [-0.2, 0) is 9.59 Å². The van der Waals surface area contributed by atoms with Crippen LogP contribution in [0, 0.1) is 0 Å². The van der Waals surface area contributed by atoms with Crippen LogP contribution in [0.5, 0.6) is 5.75 Å². The summed E-state index contributed by atoms with van der Waals surface area (Å²) in [6, 6.07) is 13.0. The third-order valence-corrected chi connectivity index (χ3v) is 6.69. The SMILES string of the molecule is COc1cccc(N(C(=O)CNC(=O)c2ccco2)[C@@H](C(=O)NC2CCCC2)c2cccs2)c1. The van der Waals surface area contributed by atoms with Crippen molar-refractivity contribution in [2.45, 2.75) is 37.8 Å². The lowest BCUT2D eigenvalue weighted by molar-refractivity contribution is -0.126. The number of furan rings is 1. The Morgan fingerprint density at radius 3 is 2.65 bits per heavy atom. The monoisotopic (exact) mass is 481 g/mol. The predicted molar refractivity (Wildman–Crippen MR) is 129 cm³/mol. The summed E-state index contributed by atoms with van der Waals surface area (Å²) in [7, 11) is 1.54. The Bertz CT molecular complexity index is 1110. The van der Waals surface area contributed by atoms with E-state index in [1.807, 2.05) is 17.5 Å². The van der Waals surface area contributed by atoms with E-state index in [0.717, 1.165) is 30.6 Å². The van der Waals surface area contributed by atoms with Crippen LogP contribution in [-0.4, -0.2) is 37.4 Å². The second-order valence-electron chi connectivity index (χ2n) is 8.03. The van der Waals surface area contributed by atoms with Crippen molar-refractivity contribution >= 4 is 34.7 Å². The highest BCUT2D eigenvalue weighted by Gasteiger charge is 2.35. The Hall–Kier alpha value is -3.59. The molecule has 2 heterocycles. The molecule has 2 aromatic heterocycles. The number of methoxy groups -OCH3 is 1. The van der Waals surface area contributed by atoms with Crippen molar-refractivity contribution in [2.75, 3.05) is 18.6 Å². The number of nitrogens with zero attached hydrogens (tertiary/aromatic N) is 1. The quantitative estimate of drug-likeness (QED) is 0.483. The molecule has 0 bridgehead atoms. The lowest BCUT2D eigenvalue weighted by Gasteiger charge is -2.31. The van der Waals surface area contributed by atoms with Gasteiger partial charge in [0.2, 0.25) is 11.8 Å². The normalized spacial score (nSPS) is 14.4. The summed E-state index contributed by atoms with van der Waals surface area (Å²) in [5, 5.41) is 7.59. The maximum absolute atomic E-state index is 13.6. The largest absolute Gasteiger partial charge is 0.497 e. The van der Waals surface area contributed by atoms with Crippen molar-refractivity contribution in [3.63, 3.8) is 0 Å². The molecule has 0 aliphatic heterocycles. The number of nitrogens with one attached hydrogen (secondary N) is 2. The zero-order valence-electron chi connectivity index (χ0n) is 18.9. The Labute approximate surface area is 201 Å². The number of thiophene rings is 1. The van der Waals surface area contributed by atoms with Crippen molar-refractivity contribution in [2.24, 2.45) is 0 Å². The molecule has 3 amide bonds. The predicted octanol–water partition coefficient (Wildman–Crippen LogP) is 3.91. The molecule has 3 aromatic rings. The molecule has 1 atom stereocenters. The summed E-state index contributed by atoms with van der Waals surface area (Å²) < 4.78 is 10.5. The topological polar surface area (TPSA) is 101 Å². The fourth-order valence-corrected chi connectivity index (χ4v) is 4.92. The Morgan fingerprint density at radius 2 is 1.97 bits per heavy atom. The molecular weight excluding hydrogens is 454 g/mol. The first-order valence-electron chi connectivity index (χ1n) is 11.2. The number of anilines is 1. The van der Waals surface area contributed by atoms with E-state index in [4.69, 9.17) is 9.15 Å². The van der Waals surface area contributed by atoms with Gasteiger partial charge in [-0.25, -0.2) is 0 Å². The molecule has 2 N–H and O–H groups in total. The number of rotatable bonds is 9. The zero-order chi connectivity index (χ0) is 23.9. The third-order valence-electron chi connectivity index (χ3n) is 5.77. The second-order valence-corrected chi connectivity index (χ2v) is 9.01. The Kier molecular flexibility index (Phi) is 7.64. The summed E-state index contributed by atoms with van der Waals surface area (Å²) in [4.78, 5) is 41.6. The molecule has 0 spiro atoms. The fourth-order valence-electron chi connectivity index (χ4n) is 4.10. The number of benzene rings is 1. The van der Waals surface area contributed by atoms with Crippen LogP contribution in [0.2, 0.25) is 0 Å². The number of hydrogen-bond donors (Lipinski definition) is 2. The first kappa shape index (κ1) is 23.6. The van der Waals surface area contributed by atoms with Crippen LogP contribution in [0.25, 0.3) is 0 Å². The van der Waals surface area contributed by atoms with Gasteiger partial charge in [0, 0.05) is 22.7 Å². The Balaban J connectivity index is 1.65. The molecule has 0 unspecified atom stereocenters. The van der Waals surface area contributed by atoms with E-state index in [1.165, 1.54) is 28.6 Å². The maximum Gasteiger partial charge on any atom is 0.287 e. The van der Waals surface area contributed by atoms with Crippen LogP contribution in [0.1, 0.15) is 47.2 Å². The summed E-state index contributed by atoms with van der Waals surface area (Å²) in [5.41, 5.74) is 0.497. The highest BCUT2D eigenvalue weighted by atomic mass is 32.1. The lowest BCUT2D eigenvalue weighted by Crippen LogP contribution is -2.49. The smallest absolute Gasteiger partial charge is 0.287 e. The van der Waals surface area contributed by atoms with Crippen molar-refractivity contribution in [1.82, 2.24) is 10.6 Å². The van der Waals surface area contributed by atoms with Crippen LogP contribution in [0.15, 0.2) is 64.6 Å². The van der Waals surface area contributed by atoms with E-state index in [0.29, 0.717) is 11.4 Å². The van der Waals surface area contributed by atoms with Gasteiger partial charge >= 0.3 is 0 Å². The number of ether oxygens (including phenoxy) is 1. The highest BCUT2D eigenvalue weighted by molar-refractivity contribution is 7.10. The van der Waals surface area contributed by atoms with E-state index in [2.05, 4.69) is 10.6 Å². The first-order chi connectivity index (χ1) is 16.6. The average molecular weight is 482 g/mol. The first-order valence-corrected chi connectivity index (χ1v) is 12.1. The molecule has 0 saturated heterocycles. The number of hydrogen-bond acceptors (Lipinski definition) is 6. The van der Waals surface area contributed by atoms with Gasteiger partial charge in [-0.2, -0.15) is 0 Å². The minimum atomic E-state index is -0.888. The molecule has 34 heavy (non-hydrogen) atoms. The summed E-state index contributed by atoms with van der Waals surface area (Å²) in [6.45, 7) is -0.310. The summed E-state index contributed by atoms with van der Waals surface area (Å²) >= 11 is 1.40. The van der Waals surface area contributed by atoms with Gasteiger partial charge in [0.15, 0.2) is 5.76 Å². The van der Waals surface area contributed by atoms with Gasteiger partial charge in [0.05, 0.1) is 19.9 Å². The van der Waals surface area contributed by atoms with Gasteiger partial charge in [0.1, 0.15) is 11.8 Å². The van der Waals surface area contributed by atoms with Crippen molar-refractivity contribution in [3.8, 4) is 5.75 Å². The third kappa shape index (κ3) is 5.48. The molecule has 1 aliphatic carbocycles. The van der Waals surface area contributed by atoms with E-state index in [-0.39, 0.29) is 24.3 Å². The van der Waals surface area contributed by atoms with Gasteiger partial charge in [-0.15, -0.1) is 11.3 Å². The molecule has 1 aromatic carbocycles. The summed E-state index contributed by atoms with van der Waals surface area (Å²) in [5.74, 6) is -0.534. The molecule has 178 valence electrons. The van der Waals surface area contributed by atoms with Crippen molar-refractivity contribution in [1.29, 1.82) is 0 Å². The van der Waals surface area contributed by atoms with Gasteiger partial charge in [-0.1, -0.05) is 25.0 Å². The van der Waals surface area contributed by atoms with Gasteiger partial charge in [0.25, 0.3) is 5.91 Å². The molecule has 0 radical (unpaired) electrons. The average Bonchev–Trinajstić information content (AvgIpc) is 3.64. The van der Waals surface area contributed by atoms with Crippen LogP contribution in [0.3, 0.4) is 0 Å².